The fourth-order valence-electron chi connectivity index (χ4n) is 3.01. The Labute approximate surface area is 137 Å². The molecule has 0 aromatic heterocycles. The van der Waals surface area contributed by atoms with Crippen LogP contribution >= 0.6 is 12.4 Å². The van der Waals surface area contributed by atoms with Gasteiger partial charge in [-0.3, -0.25) is 4.90 Å². The van der Waals surface area contributed by atoms with Crippen molar-refractivity contribution in [2.45, 2.75) is 26.8 Å². The molecule has 1 atom stereocenters. The van der Waals surface area contributed by atoms with Gasteiger partial charge in [-0.2, -0.15) is 0 Å². The maximum atomic E-state index is 14.4. The average molecular weight is 335 g/mol. The summed E-state index contributed by atoms with van der Waals surface area (Å²) in [6.45, 7) is 8.37. The van der Waals surface area contributed by atoms with Crippen LogP contribution in [-0.4, -0.2) is 42.8 Å². The lowest BCUT2D eigenvalue weighted by Gasteiger charge is -2.43. The second-order valence-electron chi connectivity index (χ2n) is 6.43. The summed E-state index contributed by atoms with van der Waals surface area (Å²) in [7, 11) is 0. The van der Waals surface area contributed by atoms with E-state index in [2.05, 4.69) is 10.2 Å². The summed E-state index contributed by atoms with van der Waals surface area (Å²) in [5.41, 5.74) is 0.0797. The third-order valence-corrected chi connectivity index (χ3v) is 4.26. The van der Waals surface area contributed by atoms with Gasteiger partial charge in [0.15, 0.2) is 11.6 Å². The molecule has 1 aromatic carbocycles. The number of nitrogens with zero attached hydrogens (tertiary/aromatic N) is 1. The molecule has 6 heteroatoms. The third kappa shape index (κ3) is 3.77. The van der Waals surface area contributed by atoms with E-state index in [1.807, 2.05) is 13.8 Å². The zero-order chi connectivity index (χ0) is 15.6. The lowest BCUT2D eigenvalue weighted by molar-refractivity contribution is 0.0283. The number of rotatable bonds is 4. The molecule has 126 valence electrons. The molecule has 22 heavy (non-hydrogen) atoms. The first-order valence-electron chi connectivity index (χ1n) is 7.38. The Hall–Kier alpha value is -0.750. The quantitative estimate of drug-likeness (QED) is 0.888. The van der Waals surface area contributed by atoms with Gasteiger partial charge >= 0.3 is 0 Å². The fourth-order valence-corrected chi connectivity index (χ4v) is 3.01. The second kappa shape index (κ2) is 7.68. The molecule has 0 aliphatic carbocycles. The van der Waals surface area contributed by atoms with Gasteiger partial charge in [0.25, 0.3) is 0 Å². The average Bonchev–Trinajstić information content (AvgIpc) is 2.48. The number of nitrogens with one attached hydrogen (secondary N) is 1. The van der Waals surface area contributed by atoms with Crippen molar-refractivity contribution >= 4 is 12.4 Å². The van der Waals surface area contributed by atoms with Crippen LogP contribution in [0.15, 0.2) is 12.1 Å². The highest BCUT2D eigenvalue weighted by atomic mass is 35.5. The predicted octanol–water partition coefficient (Wildman–Crippen LogP) is 2.66. The van der Waals surface area contributed by atoms with E-state index in [9.17, 15) is 13.9 Å². The largest absolute Gasteiger partial charge is 0.396 e. The van der Waals surface area contributed by atoms with Crippen LogP contribution in [0.3, 0.4) is 0 Å². The Balaban J connectivity index is 0.00000242. The van der Waals surface area contributed by atoms with E-state index in [0.29, 0.717) is 11.1 Å². The Bertz CT molecular complexity index is 505. The second-order valence-corrected chi connectivity index (χ2v) is 6.43. The minimum Gasteiger partial charge on any atom is -0.396 e. The molecule has 1 heterocycles. The first kappa shape index (κ1) is 19.3. The van der Waals surface area contributed by atoms with Crippen molar-refractivity contribution in [2.24, 2.45) is 5.41 Å². The number of piperazine rings is 1. The highest BCUT2D eigenvalue weighted by Crippen LogP contribution is 2.40. The van der Waals surface area contributed by atoms with Gasteiger partial charge in [-0.25, -0.2) is 8.78 Å². The van der Waals surface area contributed by atoms with Crippen molar-refractivity contribution in [3.8, 4) is 0 Å². The molecule has 2 rings (SSSR count). The van der Waals surface area contributed by atoms with E-state index in [1.165, 1.54) is 0 Å². The summed E-state index contributed by atoms with van der Waals surface area (Å²) in [5, 5.41) is 13.0. The van der Waals surface area contributed by atoms with Crippen LogP contribution in [0.5, 0.6) is 0 Å². The van der Waals surface area contributed by atoms with Gasteiger partial charge in [0, 0.05) is 49.8 Å². The molecule has 0 radical (unpaired) electrons. The van der Waals surface area contributed by atoms with Gasteiger partial charge in [0.2, 0.25) is 0 Å². The van der Waals surface area contributed by atoms with Crippen molar-refractivity contribution in [2.75, 3.05) is 32.8 Å². The van der Waals surface area contributed by atoms with Crippen LogP contribution < -0.4 is 5.32 Å². The molecule has 1 saturated heterocycles. The number of hydrogen-bond donors (Lipinski definition) is 2. The van der Waals surface area contributed by atoms with Crippen LogP contribution in [-0.2, 0) is 0 Å². The number of hydrogen-bond acceptors (Lipinski definition) is 3. The molecule has 0 unspecified atom stereocenters. The van der Waals surface area contributed by atoms with Gasteiger partial charge in [-0.1, -0.05) is 26.0 Å². The van der Waals surface area contributed by atoms with Crippen LogP contribution in [0.4, 0.5) is 8.78 Å². The van der Waals surface area contributed by atoms with Crippen molar-refractivity contribution in [3.63, 3.8) is 0 Å². The summed E-state index contributed by atoms with van der Waals surface area (Å²) in [6, 6.07) is 2.91. The lowest BCUT2D eigenvalue weighted by atomic mass is 9.79. The van der Waals surface area contributed by atoms with Crippen molar-refractivity contribution < 1.29 is 13.9 Å². The van der Waals surface area contributed by atoms with Gasteiger partial charge in [0.05, 0.1) is 0 Å². The molecular weight excluding hydrogens is 310 g/mol. The number of aliphatic hydroxyl groups excluding tert-OH is 1. The first-order chi connectivity index (χ1) is 9.88. The van der Waals surface area contributed by atoms with E-state index in [0.717, 1.165) is 26.2 Å². The highest BCUT2D eigenvalue weighted by Gasteiger charge is 2.37. The predicted molar refractivity (Wildman–Crippen MR) is 86.4 cm³/mol. The highest BCUT2D eigenvalue weighted by molar-refractivity contribution is 5.85. The summed E-state index contributed by atoms with van der Waals surface area (Å²) < 4.78 is 28.4. The molecule has 0 bridgehead atoms. The molecule has 0 spiro atoms. The molecule has 0 saturated carbocycles. The Morgan fingerprint density at radius 2 is 1.82 bits per heavy atom. The van der Waals surface area contributed by atoms with E-state index in [1.54, 1.807) is 19.1 Å². The smallest absolute Gasteiger partial charge is 0.163 e. The Kier molecular flexibility index (Phi) is 6.74. The number of aryl methyl sites for hydroxylation is 1. The zero-order valence-corrected chi connectivity index (χ0v) is 14.1. The summed E-state index contributed by atoms with van der Waals surface area (Å²) in [4.78, 5) is 2.12. The number of benzene rings is 1. The maximum Gasteiger partial charge on any atom is 0.163 e. The molecule has 1 fully saturated rings. The van der Waals surface area contributed by atoms with Crippen LogP contribution in [0.2, 0.25) is 0 Å². The monoisotopic (exact) mass is 334 g/mol. The Morgan fingerprint density at radius 3 is 2.36 bits per heavy atom. The van der Waals surface area contributed by atoms with E-state index in [-0.39, 0.29) is 25.1 Å². The van der Waals surface area contributed by atoms with Crippen LogP contribution in [0.1, 0.15) is 31.0 Å². The van der Waals surface area contributed by atoms with Crippen molar-refractivity contribution in [1.29, 1.82) is 0 Å². The van der Waals surface area contributed by atoms with E-state index < -0.39 is 17.0 Å². The van der Waals surface area contributed by atoms with Gasteiger partial charge in [-0.05, 0) is 12.5 Å². The van der Waals surface area contributed by atoms with Crippen LogP contribution in [0.25, 0.3) is 0 Å². The fraction of sp³-hybridized carbons (Fsp3) is 0.625. The van der Waals surface area contributed by atoms with Crippen molar-refractivity contribution in [1.82, 2.24) is 10.2 Å². The molecule has 1 aromatic rings. The SMILES string of the molecule is Cc1ccc([C@@H](N2CCNCC2)C(C)(C)CO)c(F)c1F.Cl. The van der Waals surface area contributed by atoms with Crippen molar-refractivity contribution in [3.05, 3.63) is 34.9 Å². The van der Waals surface area contributed by atoms with E-state index in [4.69, 9.17) is 0 Å². The van der Waals surface area contributed by atoms with Gasteiger partial charge < -0.3 is 10.4 Å². The zero-order valence-electron chi connectivity index (χ0n) is 13.3. The number of halogens is 3. The first-order valence-corrected chi connectivity index (χ1v) is 7.38. The third-order valence-electron chi connectivity index (χ3n) is 4.26. The number of aliphatic hydroxyl groups is 1. The summed E-state index contributed by atoms with van der Waals surface area (Å²) in [5.74, 6) is -1.58. The molecule has 2 N–H and O–H groups in total. The van der Waals surface area contributed by atoms with Crippen LogP contribution in [0, 0.1) is 24.0 Å². The molecule has 3 nitrogen and oxygen atoms in total. The summed E-state index contributed by atoms with van der Waals surface area (Å²) in [6.07, 6.45) is 0. The normalized spacial score (nSPS) is 17.9. The molecular formula is C16H25ClF2N2O. The van der Waals surface area contributed by atoms with Gasteiger partial charge in [-0.15, -0.1) is 12.4 Å². The standard InChI is InChI=1S/C16H24F2N2O.ClH/c1-11-4-5-12(14(18)13(11)17)15(16(2,3)10-21)20-8-6-19-7-9-20;/h4-5,15,19,21H,6-10H2,1-3H3;1H/t15-;/m1./s1. The Morgan fingerprint density at radius 1 is 1.23 bits per heavy atom. The lowest BCUT2D eigenvalue weighted by Crippen LogP contribution is -2.49. The maximum absolute atomic E-state index is 14.4. The summed E-state index contributed by atoms with van der Waals surface area (Å²) >= 11 is 0. The minimum atomic E-state index is -0.792. The minimum absolute atomic E-state index is 0. The van der Waals surface area contributed by atoms with Gasteiger partial charge in [0.1, 0.15) is 0 Å². The topological polar surface area (TPSA) is 35.5 Å². The van der Waals surface area contributed by atoms with E-state index >= 15 is 0 Å². The molecule has 1 aliphatic heterocycles. The molecule has 0 amide bonds. The molecule has 1 aliphatic rings.